The zero-order chi connectivity index (χ0) is 29.4. The fourth-order valence-corrected chi connectivity index (χ4v) is 6.60. The van der Waals surface area contributed by atoms with Gasteiger partial charge in [0.05, 0.1) is 12.1 Å². The van der Waals surface area contributed by atoms with Gasteiger partial charge in [0.1, 0.15) is 0 Å². The number of carboxylic acid groups (broad SMARTS) is 2. The summed E-state index contributed by atoms with van der Waals surface area (Å²) in [7, 11) is 0. The van der Waals surface area contributed by atoms with Crippen molar-refractivity contribution in [1.82, 2.24) is 4.90 Å². The number of amides is 1. The minimum Gasteiger partial charge on any atom is -0.478 e. The Morgan fingerprint density at radius 1 is 0.902 bits per heavy atom. The Morgan fingerprint density at radius 3 is 1.95 bits per heavy atom. The summed E-state index contributed by atoms with van der Waals surface area (Å²) in [6.45, 7) is 7.34. The van der Waals surface area contributed by atoms with E-state index in [1.54, 1.807) is 0 Å². The van der Waals surface area contributed by atoms with Crippen LogP contribution in [-0.4, -0.2) is 63.7 Å². The van der Waals surface area contributed by atoms with Gasteiger partial charge in [0.25, 0.3) is 5.91 Å². The maximum absolute atomic E-state index is 13.3. The van der Waals surface area contributed by atoms with E-state index in [9.17, 15) is 14.4 Å². The molecule has 5 rings (SSSR count). The second-order valence-corrected chi connectivity index (χ2v) is 11.6. The second kappa shape index (κ2) is 13.9. The third-order valence-electron chi connectivity index (χ3n) is 8.88. The molecule has 220 valence electrons. The van der Waals surface area contributed by atoms with E-state index in [4.69, 9.17) is 14.9 Å². The highest BCUT2D eigenvalue weighted by Gasteiger charge is 2.62. The Balaban J connectivity index is 0.000000426. The largest absolute Gasteiger partial charge is 0.478 e. The van der Waals surface area contributed by atoms with Crippen LogP contribution in [0.25, 0.3) is 0 Å². The van der Waals surface area contributed by atoms with Gasteiger partial charge in [-0.15, -0.1) is 0 Å². The number of carboxylic acids is 2. The van der Waals surface area contributed by atoms with Crippen LogP contribution in [0, 0.1) is 11.8 Å². The number of benzene rings is 2. The summed E-state index contributed by atoms with van der Waals surface area (Å²) < 4.78 is 6.33. The summed E-state index contributed by atoms with van der Waals surface area (Å²) in [6, 6.07) is 21.1. The Bertz CT molecular complexity index is 1170. The van der Waals surface area contributed by atoms with Gasteiger partial charge in [0.15, 0.2) is 6.10 Å². The molecule has 2 heterocycles. The maximum atomic E-state index is 13.3. The SMILES string of the molecule is CC(C)C1CCC(N2CCC3(CC2)[C@@H](OCc2ccccc2)C(=O)N3c2ccccc2)CC1.O=C(O)/C=C/C(=O)O. The van der Waals surface area contributed by atoms with Crippen molar-refractivity contribution in [3.63, 3.8) is 0 Å². The van der Waals surface area contributed by atoms with Gasteiger partial charge in [-0.25, -0.2) is 9.59 Å². The molecule has 2 aromatic carbocycles. The van der Waals surface area contributed by atoms with E-state index < -0.39 is 11.9 Å². The third kappa shape index (κ3) is 7.43. The van der Waals surface area contributed by atoms with E-state index in [0.29, 0.717) is 24.8 Å². The standard InChI is InChI=1S/C29H38N2O2.C4H4O4/c1-22(2)24-13-15-25(16-14-24)30-19-17-29(18-20-30)27(33-21-23-9-5-3-6-10-23)28(32)31(29)26-11-7-4-8-12-26;5-3(6)1-2-4(7)8/h3-12,22,24-25,27H,13-21H2,1-2H3;1-2H,(H,5,6)(H,7,8)/b;2-1+/t24?,25?,27-;/m0./s1. The number of piperidine rings is 1. The lowest BCUT2D eigenvalue weighted by Crippen LogP contribution is -2.78. The number of hydrogen-bond acceptors (Lipinski definition) is 5. The molecule has 3 aliphatic rings. The minimum atomic E-state index is -1.26. The quantitative estimate of drug-likeness (QED) is 0.329. The average Bonchev–Trinajstić information content (AvgIpc) is 2.98. The minimum absolute atomic E-state index is 0.114. The summed E-state index contributed by atoms with van der Waals surface area (Å²) in [6.07, 6.45) is 8.11. The maximum Gasteiger partial charge on any atom is 0.328 e. The van der Waals surface area contributed by atoms with Crippen molar-refractivity contribution in [3.05, 3.63) is 78.4 Å². The van der Waals surface area contributed by atoms with E-state index in [2.05, 4.69) is 47.9 Å². The van der Waals surface area contributed by atoms with Crippen molar-refractivity contribution in [1.29, 1.82) is 0 Å². The molecule has 0 bridgehead atoms. The molecule has 2 saturated heterocycles. The molecule has 1 aliphatic carbocycles. The highest BCUT2D eigenvalue weighted by molar-refractivity contribution is 6.06. The topological polar surface area (TPSA) is 107 Å². The first-order chi connectivity index (χ1) is 19.7. The summed E-state index contributed by atoms with van der Waals surface area (Å²) in [5.74, 6) is -0.702. The van der Waals surface area contributed by atoms with Crippen molar-refractivity contribution >= 4 is 23.5 Å². The van der Waals surface area contributed by atoms with Crippen molar-refractivity contribution in [2.75, 3.05) is 18.0 Å². The molecule has 1 spiro atoms. The number of carbonyl (C=O) groups excluding carboxylic acids is 1. The summed E-state index contributed by atoms with van der Waals surface area (Å²) in [5.41, 5.74) is 1.91. The molecular formula is C33H42N2O6. The molecule has 8 nitrogen and oxygen atoms in total. The number of likely N-dealkylation sites (tertiary alicyclic amines) is 1. The van der Waals surface area contributed by atoms with Crippen LogP contribution < -0.4 is 4.90 Å². The van der Waals surface area contributed by atoms with Gasteiger partial charge in [-0.05, 0) is 68.1 Å². The zero-order valence-corrected chi connectivity index (χ0v) is 24.0. The number of rotatable bonds is 8. The number of hydrogen-bond donors (Lipinski definition) is 2. The highest BCUT2D eigenvalue weighted by Crippen LogP contribution is 2.47. The van der Waals surface area contributed by atoms with Crippen LogP contribution in [0.5, 0.6) is 0 Å². The van der Waals surface area contributed by atoms with Crippen molar-refractivity contribution in [3.8, 4) is 0 Å². The first-order valence-electron chi connectivity index (χ1n) is 14.6. The van der Waals surface area contributed by atoms with Gasteiger partial charge in [-0.1, -0.05) is 62.4 Å². The van der Waals surface area contributed by atoms with Crippen LogP contribution in [0.15, 0.2) is 72.8 Å². The molecule has 1 atom stereocenters. The van der Waals surface area contributed by atoms with E-state index in [1.165, 1.54) is 25.7 Å². The average molecular weight is 563 g/mol. The fraction of sp³-hybridized carbons (Fsp3) is 0.485. The molecule has 1 saturated carbocycles. The molecule has 2 aromatic rings. The summed E-state index contributed by atoms with van der Waals surface area (Å²) in [5, 5.41) is 15.6. The smallest absolute Gasteiger partial charge is 0.328 e. The molecule has 1 amide bonds. The summed E-state index contributed by atoms with van der Waals surface area (Å²) >= 11 is 0. The molecule has 0 unspecified atom stereocenters. The lowest BCUT2D eigenvalue weighted by molar-refractivity contribution is -0.157. The molecule has 0 aromatic heterocycles. The normalized spacial score (nSPS) is 24.1. The predicted octanol–water partition coefficient (Wildman–Crippen LogP) is 5.38. The lowest BCUT2D eigenvalue weighted by atomic mass is 9.71. The van der Waals surface area contributed by atoms with Crippen LogP contribution in [0.1, 0.15) is 57.9 Å². The zero-order valence-electron chi connectivity index (χ0n) is 24.0. The van der Waals surface area contributed by atoms with Gasteiger partial charge < -0.3 is 24.7 Å². The van der Waals surface area contributed by atoms with Crippen LogP contribution in [-0.2, 0) is 25.7 Å². The van der Waals surface area contributed by atoms with Crippen LogP contribution in [0.2, 0.25) is 0 Å². The number of nitrogens with zero attached hydrogens (tertiary/aromatic N) is 2. The number of para-hydroxylation sites is 1. The number of β-lactam (4-membered cyclic amide) rings is 1. The number of ether oxygens (including phenoxy) is 1. The molecule has 3 fully saturated rings. The monoisotopic (exact) mass is 562 g/mol. The van der Waals surface area contributed by atoms with Crippen LogP contribution in [0.3, 0.4) is 0 Å². The molecule has 2 aliphatic heterocycles. The van der Waals surface area contributed by atoms with E-state index in [1.807, 2.05) is 36.4 Å². The molecular weight excluding hydrogens is 520 g/mol. The van der Waals surface area contributed by atoms with Crippen molar-refractivity contribution in [2.24, 2.45) is 11.8 Å². The molecule has 2 N–H and O–H groups in total. The van der Waals surface area contributed by atoms with E-state index >= 15 is 0 Å². The third-order valence-corrected chi connectivity index (χ3v) is 8.88. The van der Waals surface area contributed by atoms with Crippen molar-refractivity contribution in [2.45, 2.75) is 76.7 Å². The number of aliphatic carboxylic acids is 2. The number of anilines is 1. The van der Waals surface area contributed by atoms with Gasteiger partial charge in [-0.2, -0.15) is 0 Å². The van der Waals surface area contributed by atoms with Gasteiger partial charge >= 0.3 is 11.9 Å². The highest BCUT2D eigenvalue weighted by atomic mass is 16.5. The first-order valence-corrected chi connectivity index (χ1v) is 14.6. The predicted molar refractivity (Wildman–Crippen MR) is 157 cm³/mol. The van der Waals surface area contributed by atoms with E-state index in [-0.39, 0.29) is 17.6 Å². The molecule has 8 heteroatoms. The second-order valence-electron chi connectivity index (χ2n) is 11.6. The van der Waals surface area contributed by atoms with Crippen molar-refractivity contribution < 1.29 is 29.3 Å². The van der Waals surface area contributed by atoms with Gasteiger partial charge in [0.2, 0.25) is 0 Å². The molecule has 41 heavy (non-hydrogen) atoms. The Labute approximate surface area is 242 Å². The molecule has 0 radical (unpaired) electrons. The Morgan fingerprint density at radius 2 is 1.44 bits per heavy atom. The van der Waals surface area contributed by atoms with Crippen LogP contribution in [0.4, 0.5) is 5.69 Å². The Kier molecular flexibility index (Phi) is 10.3. The Hall–Kier alpha value is -3.49. The fourth-order valence-electron chi connectivity index (χ4n) is 6.60. The first kappa shape index (κ1) is 30.5. The lowest BCUT2D eigenvalue weighted by Gasteiger charge is -2.60. The van der Waals surface area contributed by atoms with Crippen LogP contribution >= 0.6 is 0 Å². The van der Waals surface area contributed by atoms with E-state index in [0.717, 1.165) is 49.0 Å². The number of carbonyl (C=O) groups is 3. The van der Waals surface area contributed by atoms with Gasteiger partial charge in [0, 0.05) is 37.0 Å². The summed E-state index contributed by atoms with van der Waals surface area (Å²) in [4.78, 5) is 37.2. The van der Waals surface area contributed by atoms with Gasteiger partial charge in [-0.3, -0.25) is 4.79 Å².